The molecule has 0 saturated carbocycles. The van der Waals surface area contributed by atoms with Crippen LogP contribution < -0.4 is 4.74 Å². The van der Waals surface area contributed by atoms with Gasteiger partial charge >= 0.3 is 12.1 Å². The van der Waals surface area contributed by atoms with Gasteiger partial charge in [-0.2, -0.15) is 0 Å². The van der Waals surface area contributed by atoms with Crippen LogP contribution in [0, 0.1) is 5.82 Å². The molecule has 0 saturated heterocycles. The van der Waals surface area contributed by atoms with Gasteiger partial charge in [0.15, 0.2) is 6.10 Å². The number of carboxylic acid groups (broad SMARTS) is 1. The number of rotatable bonds is 18. The molecule has 41 heavy (non-hydrogen) atoms. The fourth-order valence-electron chi connectivity index (χ4n) is 4.04. The van der Waals surface area contributed by atoms with Crippen LogP contribution in [0.25, 0.3) is 0 Å². The smallest absolute Gasteiger partial charge is 0.409 e. The molecule has 0 fully saturated rings. The topological polar surface area (TPSA) is 94.5 Å². The fraction of sp³-hybridized carbons (Fsp3) is 0.375. The SMILES string of the molecule is CCOC(Cc1ccc(OCCN(CCCOCc2ccc(F)cc2)C(=O)OCCc2ccccc2)cc1)C(=O)O. The van der Waals surface area contributed by atoms with E-state index in [1.807, 2.05) is 30.3 Å². The lowest BCUT2D eigenvalue weighted by Gasteiger charge is -2.22. The van der Waals surface area contributed by atoms with Gasteiger partial charge in [-0.3, -0.25) is 0 Å². The molecule has 0 aliphatic carbocycles. The third kappa shape index (κ3) is 12.0. The molecule has 3 rings (SSSR count). The third-order valence-electron chi connectivity index (χ3n) is 6.23. The summed E-state index contributed by atoms with van der Waals surface area (Å²) in [5.74, 6) is -0.678. The molecule has 1 unspecified atom stereocenters. The number of halogens is 1. The van der Waals surface area contributed by atoms with E-state index in [2.05, 4.69) is 0 Å². The van der Waals surface area contributed by atoms with E-state index in [1.165, 1.54) is 12.1 Å². The zero-order valence-electron chi connectivity index (χ0n) is 23.4. The molecule has 8 nitrogen and oxygen atoms in total. The zero-order valence-corrected chi connectivity index (χ0v) is 23.4. The van der Waals surface area contributed by atoms with E-state index < -0.39 is 18.2 Å². The third-order valence-corrected chi connectivity index (χ3v) is 6.23. The molecule has 0 aliphatic heterocycles. The molecule has 9 heteroatoms. The molecule has 0 aromatic heterocycles. The van der Waals surface area contributed by atoms with Crippen LogP contribution in [-0.4, -0.2) is 67.7 Å². The molecule has 1 N–H and O–H groups in total. The number of carboxylic acids is 1. The van der Waals surface area contributed by atoms with Gasteiger partial charge in [0.25, 0.3) is 0 Å². The van der Waals surface area contributed by atoms with E-state index in [9.17, 15) is 19.1 Å². The number of hydrogen-bond acceptors (Lipinski definition) is 6. The number of carbonyl (C=O) groups is 2. The Morgan fingerprint density at radius 3 is 2.24 bits per heavy atom. The Balaban J connectivity index is 1.47. The van der Waals surface area contributed by atoms with Gasteiger partial charge in [-0.25, -0.2) is 14.0 Å². The van der Waals surface area contributed by atoms with Gasteiger partial charge in [0.2, 0.25) is 0 Å². The summed E-state index contributed by atoms with van der Waals surface area (Å²) in [6.07, 6.45) is 0.154. The van der Waals surface area contributed by atoms with Crippen LogP contribution in [0.3, 0.4) is 0 Å². The van der Waals surface area contributed by atoms with Crippen molar-refractivity contribution >= 4 is 12.1 Å². The van der Waals surface area contributed by atoms with Crippen molar-refractivity contribution in [3.63, 3.8) is 0 Å². The molecule has 220 valence electrons. The van der Waals surface area contributed by atoms with Crippen molar-refractivity contribution < 1.29 is 38.0 Å². The van der Waals surface area contributed by atoms with Crippen LogP contribution in [0.15, 0.2) is 78.9 Å². The molecule has 1 amide bonds. The minimum Gasteiger partial charge on any atom is -0.492 e. The molecule has 1 atom stereocenters. The van der Waals surface area contributed by atoms with E-state index in [-0.39, 0.29) is 25.5 Å². The summed E-state index contributed by atoms with van der Waals surface area (Å²) in [5.41, 5.74) is 2.78. The Labute approximate surface area is 240 Å². The van der Waals surface area contributed by atoms with Gasteiger partial charge in [0.05, 0.1) is 19.8 Å². The Kier molecular flexibility index (Phi) is 13.6. The van der Waals surface area contributed by atoms with Crippen LogP contribution >= 0.6 is 0 Å². The highest BCUT2D eigenvalue weighted by Crippen LogP contribution is 2.15. The molecule has 0 radical (unpaired) electrons. The molecule has 0 bridgehead atoms. The van der Waals surface area contributed by atoms with Gasteiger partial charge < -0.3 is 29.0 Å². The summed E-state index contributed by atoms with van der Waals surface area (Å²) >= 11 is 0. The van der Waals surface area contributed by atoms with Crippen LogP contribution in [0.4, 0.5) is 9.18 Å². The Hall–Kier alpha value is -3.95. The maximum Gasteiger partial charge on any atom is 0.409 e. The first kappa shape index (κ1) is 31.6. The van der Waals surface area contributed by atoms with E-state index >= 15 is 0 Å². The number of hydrogen-bond donors (Lipinski definition) is 1. The lowest BCUT2D eigenvalue weighted by Crippen LogP contribution is -2.36. The highest BCUT2D eigenvalue weighted by Gasteiger charge is 2.18. The van der Waals surface area contributed by atoms with Crippen molar-refractivity contribution in [3.05, 3.63) is 101 Å². The van der Waals surface area contributed by atoms with E-state index in [1.54, 1.807) is 48.2 Å². The van der Waals surface area contributed by atoms with Crippen molar-refractivity contribution in [3.8, 4) is 5.75 Å². The monoisotopic (exact) mass is 567 g/mol. The summed E-state index contributed by atoms with van der Waals surface area (Å²) in [6.45, 7) is 4.12. The van der Waals surface area contributed by atoms with Gasteiger partial charge in [0.1, 0.15) is 18.2 Å². The zero-order chi connectivity index (χ0) is 29.3. The Bertz CT molecular complexity index is 1170. The standard InChI is InChI=1S/C32H38FNO7/c1-2-39-30(31(35)36)23-26-11-15-29(16-12-26)40-22-19-34(32(37)41-21-17-25-7-4-3-5-8-25)18-6-20-38-24-27-9-13-28(33)14-10-27/h3-5,7-16,30H,2,6,17-24H2,1H3,(H,35,36). The van der Waals surface area contributed by atoms with Gasteiger partial charge in [-0.05, 0) is 54.3 Å². The average Bonchev–Trinajstić information content (AvgIpc) is 2.98. The second-order valence-corrected chi connectivity index (χ2v) is 9.35. The molecule has 3 aromatic rings. The second-order valence-electron chi connectivity index (χ2n) is 9.35. The van der Waals surface area contributed by atoms with Crippen LogP contribution in [-0.2, 0) is 38.5 Å². The minimum atomic E-state index is -0.997. The maximum atomic E-state index is 13.1. The predicted octanol–water partition coefficient (Wildman–Crippen LogP) is 5.52. The average molecular weight is 568 g/mol. The van der Waals surface area contributed by atoms with Gasteiger partial charge in [0, 0.05) is 32.6 Å². The van der Waals surface area contributed by atoms with Crippen molar-refractivity contribution in [1.29, 1.82) is 0 Å². The summed E-state index contributed by atoms with van der Waals surface area (Å²) in [4.78, 5) is 25.8. The highest BCUT2D eigenvalue weighted by atomic mass is 19.1. The number of amides is 1. The first-order chi connectivity index (χ1) is 19.9. The highest BCUT2D eigenvalue weighted by molar-refractivity contribution is 5.72. The Morgan fingerprint density at radius 1 is 0.854 bits per heavy atom. The quantitative estimate of drug-likeness (QED) is 0.202. The van der Waals surface area contributed by atoms with E-state index in [0.717, 1.165) is 16.7 Å². The molecule has 3 aromatic carbocycles. The number of aliphatic carboxylic acids is 1. The Morgan fingerprint density at radius 2 is 1.56 bits per heavy atom. The number of nitrogens with zero attached hydrogens (tertiary/aromatic N) is 1. The molecule has 0 spiro atoms. The van der Waals surface area contributed by atoms with Crippen molar-refractivity contribution in [2.45, 2.75) is 38.9 Å². The number of benzene rings is 3. The lowest BCUT2D eigenvalue weighted by atomic mass is 10.1. The summed E-state index contributed by atoms with van der Waals surface area (Å²) in [6, 6.07) is 23.1. The normalized spacial score (nSPS) is 11.6. The van der Waals surface area contributed by atoms with Gasteiger partial charge in [-0.1, -0.05) is 54.6 Å². The van der Waals surface area contributed by atoms with E-state index in [0.29, 0.717) is 51.5 Å². The molecule has 0 heterocycles. The van der Waals surface area contributed by atoms with Crippen molar-refractivity contribution in [2.75, 3.05) is 39.5 Å². The number of ether oxygens (including phenoxy) is 4. The predicted molar refractivity (Wildman–Crippen MR) is 152 cm³/mol. The molecular formula is C32H38FNO7. The van der Waals surface area contributed by atoms with Crippen molar-refractivity contribution in [2.24, 2.45) is 0 Å². The summed E-state index contributed by atoms with van der Waals surface area (Å²) < 4.78 is 35.4. The largest absolute Gasteiger partial charge is 0.492 e. The van der Waals surface area contributed by atoms with Crippen LogP contribution in [0.2, 0.25) is 0 Å². The first-order valence-electron chi connectivity index (χ1n) is 13.8. The van der Waals surface area contributed by atoms with Crippen molar-refractivity contribution in [1.82, 2.24) is 4.90 Å². The first-order valence-corrected chi connectivity index (χ1v) is 13.8. The van der Waals surface area contributed by atoms with Crippen LogP contribution in [0.1, 0.15) is 30.0 Å². The van der Waals surface area contributed by atoms with E-state index in [4.69, 9.17) is 18.9 Å². The maximum absolute atomic E-state index is 13.1. The molecular weight excluding hydrogens is 529 g/mol. The second kappa shape index (κ2) is 17.7. The van der Waals surface area contributed by atoms with Crippen LogP contribution in [0.5, 0.6) is 5.75 Å². The summed E-state index contributed by atoms with van der Waals surface area (Å²) in [7, 11) is 0. The fourth-order valence-corrected chi connectivity index (χ4v) is 4.04. The lowest BCUT2D eigenvalue weighted by molar-refractivity contribution is -0.149. The van der Waals surface area contributed by atoms with Gasteiger partial charge in [-0.15, -0.1) is 0 Å². The molecule has 0 aliphatic rings. The minimum absolute atomic E-state index is 0.250. The number of carbonyl (C=O) groups excluding carboxylic acids is 1. The summed E-state index contributed by atoms with van der Waals surface area (Å²) in [5, 5.41) is 9.29.